The van der Waals surface area contributed by atoms with Gasteiger partial charge in [-0.1, -0.05) is 19.6 Å². The van der Waals surface area contributed by atoms with Gasteiger partial charge in [0.2, 0.25) is 0 Å². The molecule has 9 N–H and O–H groups in total. The van der Waals surface area contributed by atoms with Gasteiger partial charge >= 0.3 is 0 Å². The minimum absolute atomic E-state index is 0.0628. The van der Waals surface area contributed by atoms with Crippen LogP contribution < -0.4 is 28.2 Å². The third kappa shape index (κ3) is 7.18. The minimum Gasteiger partial charge on any atom is -0.399 e. The molecule has 150 valence electrons. The van der Waals surface area contributed by atoms with E-state index in [4.69, 9.17) is 15.8 Å². The van der Waals surface area contributed by atoms with E-state index < -0.39 is 0 Å². The summed E-state index contributed by atoms with van der Waals surface area (Å²) >= 11 is 0. The zero-order chi connectivity index (χ0) is 20.2. The second kappa shape index (κ2) is 11.8. The van der Waals surface area contributed by atoms with Crippen LogP contribution in [0.25, 0.3) is 0 Å². The van der Waals surface area contributed by atoms with E-state index in [9.17, 15) is 4.79 Å². The molecule has 0 atom stereocenters. The molecule has 0 unspecified atom stereocenters. The number of nitrogens with two attached hydrogens (primary N) is 3. The highest BCUT2D eigenvalue weighted by Crippen LogP contribution is 2.25. The molecule has 1 aromatic carbocycles. The van der Waals surface area contributed by atoms with Crippen LogP contribution in [0.15, 0.2) is 42.8 Å². The van der Waals surface area contributed by atoms with Crippen molar-refractivity contribution in [3.63, 3.8) is 0 Å². The van der Waals surface area contributed by atoms with Gasteiger partial charge in [-0.05, 0) is 37.5 Å². The van der Waals surface area contributed by atoms with Crippen LogP contribution in [0, 0.1) is 0 Å². The largest absolute Gasteiger partial charge is 0.399 e. The highest BCUT2D eigenvalue weighted by molar-refractivity contribution is 5.80. The zero-order valence-electron chi connectivity index (χ0n) is 15.5. The number of hydrogen-bond donors (Lipinski definition) is 6. The first-order chi connectivity index (χ1) is 13.0. The predicted octanol–water partition coefficient (Wildman–Crippen LogP) is 2.44. The molecule has 27 heavy (non-hydrogen) atoms. The molecule has 1 saturated heterocycles. The monoisotopic (exact) mass is 378 g/mol. The Morgan fingerprint density at radius 2 is 1.96 bits per heavy atom. The van der Waals surface area contributed by atoms with Gasteiger partial charge in [0.1, 0.15) is 5.76 Å². The molecular formula is C18H30N6O3. The third-order valence-corrected chi connectivity index (χ3v) is 3.97. The molecule has 9 nitrogen and oxygen atoms in total. The summed E-state index contributed by atoms with van der Waals surface area (Å²) in [6.45, 7) is 8.44. The quantitative estimate of drug-likeness (QED) is 0.119. The molecule has 1 fully saturated rings. The first kappa shape index (κ1) is 22.3. The standard InChI is InChI=1S/C18H26N4O3.H4N2/c1-13-7-10-18(23)22(13)25-14(2)6-4-3-5-11-20-16-9-8-15(19)12-17(16)21-24;1-2/h8-9,12,20-21,24H,1-7,10-11,19H2;1-2H2. The average Bonchev–Trinajstić information content (AvgIpc) is 2.99. The highest BCUT2D eigenvalue weighted by atomic mass is 16.7. The van der Waals surface area contributed by atoms with Crippen LogP contribution in [0.5, 0.6) is 0 Å². The van der Waals surface area contributed by atoms with Gasteiger partial charge in [-0.25, -0.2) is 0 Å². The summed E-state index contributed by atoms with van der Waals surface area (Å²) in [5, 5.41) is 13.6. The number of nitrogen functional groups attached to an aromatic ring is 1. The van der Waals surface area contributed by atoms with E-state index in [0.717, 1.165) is 31.5 Å². The smallest absolute Gasteiger partial charge is 0.260 e. The summed E-state index contributed by atoms with van der Waals surface area (Å²) in [5.41, 5.74) is 10.4. The number of allylic oxidation sites excluding steroid dienone is 2. The van der Waals surface area contributed by atoms with Crippen molar-refractivity contribution in [2.45, 2.75) is 38.5 Å². The molecule has 1 aliphatic heterocycles. The third-order valence-electron chi connectivity index (χ3n) is 3.97. The molecule has 1 aliphatic rings. The molecular weight excluding hydrogens is 348 g/mol. The fourth-order valence-corrected chi connectivity index (χ4v) is 2.58. The number of carbonyl (C=O) groups excluding carboxylic acids is 1. The first-order valence-electron chi connectivity index (χ1n) is 8.74. The fourth-order valence-electron chi connectivity index (χ4n) is 2.58. The average molecular weight is 378 g/mol. The molecule has 0 aromatic heterocycles. The number of rotatable bonds is 10. The van der Waals surface area contributed by atoms with E-state index in [1.165, 1.54) is 5.06 Å². The Kier molecular flexibility index (Phi) is 9.73. The Balaban J connectivity index is 0.00000176. The van der Waals surface area contributed by atoms with E-state index in [1.807, 2.05) is 6.07 Å². The van der Waals surface area contributed by atoms with Crippen LogP contribution in [0.4, 0.5) is 17.1 Å². The summed E-state index contributed by atoms with van der Waals surface area (Å²) in [7, 11) is 0. The van der Waals surface area contributed by atoms with Crippen molar-refractivity contribution in [3.05, 3.63) is 42.8 Å². The van der Waals surface area contributed by atoms with Gasteiger partial charge < -0.3 is 15.9 Å². The normalized spacial score (nSPS) is 13.1. The number of carbonyl (C=O) groups is 1. The number of nitrogens with zero attached hydrogens (tertiary/aromatic N) is 1. The molecule has 0 spiro atoms. The van der Waals surface area contributed by atoms with Crippen molar-refractivity contribution in [2.24, 2.45) is 11.7 Å². The van der Waals surface area contributed by atoms with E-state index in [-0.39, 0.29) is 5.91 Å². The molecule has 0 aliphatic carbocycles. The number of hydrazine groups is 1. The molecule has 0 saturated carbocycles. The number of hydrogen-bond acceptors (Lipinski definition) is 8. The zero-order valence-corrected chi connectivity index (χ0v) is 15.5. The van der Waals surface area contributed by atoms with Crippen molar-refractivity contribution in [1.29, 1.82) is 0 Å². The molecule has 1 aromatic rings. The van der Waals surface area contributed by atoms with Gasteiger partial charge in [-0.2, -0.15) is 0 Å². The van der Waals surface area contributed by atoms with Crippen molar-refractivity contribution in [2.75, 3.05) is 23.1 Å². The topological polar surface area (TPSA) is 152 Å². The van der Waals surface area contributed by atoms with Crippen LogP contribution in [-0.2, 0) is 9.63 Å². The van der Waals surface area contributed by atoms with Gasteiger partial charge in [0, 0.05) is 25.1 Å². The summed E-state index contributed by atoms with van der Waals surface area (Å²) in [6, 6.07) is 5.26. The molecule has 0 radical (unpaired) electrons. The number of amides is 1. The Bertz CT molecular complexity index is 634. The lowest BCUT2D eigenvalue weighted by Crippen LogP contribution is -2.22. The van der Waals surface area contributed by atoms with Crippen LogP contribution >= 0.6 is 0 Å². The minimum atomic E-state index is -0.0628. The van der Waals surface area contributed by atoms with Gasteiger partial charge in [0.15, 0.2) is 0 Å². The summed E-state index contributed by atoms with van der Waals surface area (Å²) in [5.74, 6) is 8.52. The number of anilines is 3. The second-order valence-electron chi connectivity index (χ2n) is 6.04. The van der Waals surface area contributed by atoms with E-state index >= 15 is 0 Å². The van der Waals surface area contributed by atoms with Crippen LogP contribution in [0.3, 0.4) is 0 Å². The number of benzene rings is 1. The van der Waals surface area contributed by atoms with Gasteiger partial charge in [0.05, 0.1) is 17.1 Å². The van der Waals surface area contributed by atoms with Gasteiger partial charge in [-0.3, -0.25) is 27.2 Å². The predicted molar refractivity (Wildman–Crippen MR) is 107 cm³/mol. The number of unbranched alkanes of at least 4 members (excludes halogenated alkanes) is 2. The molecule has 0 bridgehead atoms. The summed E-state index contributed by atoms with van der Waals surface area (Å²) in [4.78, 5) is 17.1. The van der Waals surface area contributed by atoms with Gasteiger partial charge in [-0.15, -0.1) is 5.06 Å². The highest BCUT2D eigenvalue weighted by Gasteiger charge is 2.26. The van der Waals surface area contributed by atoms with Gasteiger partial charge in [0.25, 0.3) is 5.91 Å². The van der Waals surface area contributed by atoms with Crippen LogP contribution in [0.2, 0.25) is 0 Å². The maximum Gasteiger partial charge on any atom is 0.260 e. The lowest BCUT2D eigenvalue weighted by atomic mass is 10.1. The van der Waals surface area contributed by atoms with Crippen molar-refractivity contribution < 1.29 is 14.8 Å². The molecule has 1 amide bonds. The van der Waals surface area contributed by atoms with Crippen LogP contribution in [0.1, 0.15) is 38.5 Å². The van der Waals surface area contributed by atoms with Crippen molar-refractivity contribution >= 4 is 23.0 Å². The summed E-state index contributed by atoms with van der Waals surface area (Å²) in [6.07, 6.45) is 4.66. The Morgan fingerprint density at radius 3 is 2.59 bits per heavy atom. The van der Waals surface area contributed by atoms with E-state index in [0.29, 0.717) is 42.1 Å². The van der Waals surface area contributed by atoms with Crippen molar-refractivity contribution in [3.8, 4) is 0 Å². The molecule has 2 rings (SSSR count). The Morgan fingerprint density at radius 1 is 1.22 bits per heavy atom. The lowest BCUT2D eigenvalue weighted by Gasteiger charge is -2.19. The fraction of sp³-hybridized carbons (Fsp3) is 0.389. The van der Waals surface area contributed by atoms with Crippen molar-refractivity contribution in [1.82, 2.24) is 5.06 Å². The molecule has 9 heteroatoms. The summed E-state index contributed by atoms with van der Waals surface area (Å²) < 4.78 is 0. The Hall–Kier alpha value is -2.75. The maximum absolute atomic E-state index is 11.6. The van der Waals surface area contributed by atoms with E-state index in [1.54, 1.807) is 12.1 Å². The number of nitrogens with one attached hydrogen (secondary N) is 2. The van der Waals surface area contributed by atoms with E-state index in [2.05, 4.69) is 35.6 Å². The first-order valence-corrected chi connectivity index (χ1v) is 8.74. The maximum atomic E-state index is 11.6. The lowest BCUT2D eigenvalue weighted by molar-refractivity contribution is -0.157. The second-order valence-corrected chi connectivity index (χ2v) is 6.04. The molecule has 1 heterocycles. The Labute approximate surface area is 159 Å². The van der Waals surface area contributed by atoms with Crippen LogP contribution in [-0.4, -0.2) is 22.7 Å². The SMILES string of the molecule is C=C(CCCCCNc1ccc(N)cc1NO)ON1C(=C)CCC1=O.NN. The number of hydroxylamine groups is 2.